The van der Waals surface area contributed by atoms with Gasteiger partial charge in [0.25, 0.3) is 0 Å². The first-order valence-electron chi connectivity index (χ1n) is 6.09. The molecule has 0 heterocycles. The number of carbonyl (C=O) groups excluding carboxylic acids is 1. The third kappa shape index (κ3) is 2.36. The van der Waals surface area contributed by atoms with Crippen molar-refractivity contribution < 1.29 is 14.7 Å². The van der Waals surface area contributed by atoms with Crippen LogP contribution in [0.3, 0.4) is 0 Å². The fourth-order valence-electron chi connectivity index (χ4n) is 2.52. The Morgan fingerprint density at radius 1 is 1.00 bits per heavy atom. The van der Waals surface area contributed by atoms with Crippen LogP contribution in [0.2, 0.25) is 0 Å². The SMILES string of the molecule is CN(C(=O)C1CCC(C(=O)O)CC1)C1CC1. The van der Waals surface area contributed by atoms with Gasteiger partial charge in [-0.2, -0.15) is 0 Å². The van der Waals surface area contributed by atoms with Gasteiger partial charge in [0, 0.05) is 19.0 Å². The highest BCUT2D eigenvalue weighted by molar-refractivity contribution is 5.79. The molecule has 0 atom stereocenters. The fraction of sp³-hybridized carbons (Fsp3) is 0.833. The number of nitrogens with zero attached hydrogens (tertiary/aromatic N) is 1. The van der Waals surface area contributed by atoms with Gasteiger partial charge in [-0.25, -0.2) is 0 Å². The van der Waals surface area contributed by atoms with Gasteiger partial charge in [-0.1, -0.05) is 0 Å². The molecule has 4 nitrogen and oxygen atoms in total. The number of rotatable bonds is 3. The molecule has 1 amide bonds. The predicted octanol–water partition coefficient (Wildman–Crippen LogP) is 1.50. The van der Waals surface area contributed by atoms with Crippen molar-refractivity contribution in [2.75, 3.05) is 7.05 Å². The summed E-state index contributed by atoms with van der Waals surface area (Å²) >= 11 is 0. The van der Waals surface area contributed by atoms with E-state index >= 15 is 0 Å². The first kappa shape index (κ1) is 11.4. The molecular formula is C12H19NO3. The van der Waals surface area contributed by atoms with Gasteiger partial charge >= 0.3 is 5.97 Å². The highest BCUT2D eigenvalue weighted by atomic mass is 16.4. The molecule has 2 aliphatic rings. The maximum atomic E-state index is 12.0. The molecule has 2 saturated carbocycles. The van der Waals surface area contributed by atoms with Gasteiger partial charge in [0.2, 0.25) is 5.91 Å². The second-order valence-corrected chi connectivity index (χ2v) is 5.07. The van der Waals surface area contributed by atoms with E-state index in [9.17, 15) is 9.59 Å². The van der Waals surface area contributed by atoms with Gasteiger partial charge in [0.15, 0.2) is 0 Å². The summed E-state index contributed by atoms with van der Waals surface area (Å²) in [5.41, 5.74) is 0. The molecule has 0 bridgehead atoms. The molecule has 0 aromatic rings. The Balaban J connectivity index is 1.83. The van der Waals surface area contributed by atoms with Crippen molar-refractivity contribution in [3.05, 3.63) is 0 Å². The number of hydrogen-bond donors (Lipinski definition) is 1. The van der Waals surface area contributed by atoms with Crippen LogP contribution in [0, 0.1) is 11.8 Å². The number of carbonyl (C=O) groups is 2. The van der Waals surface area contributed by atoms with Crippen molar-refractivity contribution in [3.63, 3.8) is 0 Å². The minimum absolute atomic E-state index is 0.0706. The molecule has 2 rings (SSSR count). The largest absolute Gasteiger partial charge is 0.481 e. The molecule has 2 fully saturated rings. The van der Waals surface area contributed by atoms with E-state index in [1.165, 1.54) is 0 Å². The highest BCUT2D eigenvalue weighted by Gasteiger charge is 2.35. The Morgan fingerprint density at radius 3 is 1.94 bits per heavy atom. The maximum Gasteiger partial charge on any atom is 0.306 e. The first-order chi connectivity index (χ1) is 7.59. The van der Waals surface area contributed by atoms with Crippen LogP contribution >= 0.6 is 0 Å². The molecule has 0 aliphatic heterocycles. The van der Waals surface area contributed by atoms with E-state index < -0.39 is 5.97 Å². The van der Waals surface area contributed by atoms with E-state index in [1.807, 2.05) is 11.9 Å². The summed E-state index contributed by atoms with van der Waals surface area (Å²) in [6.07, 6.45) is 5.06. The quantitative estimate of drug-likeness (QED) is 0.791. The first-order valence-corrected chi connectivity index (χ1v) is 6.09. The van der Waals surface area contributed by atoms with Crippen LogP contribution in [0.1, 0.15) is 38.5 Å². The van der Waals surface area contributed by atoms with Crippen molar-refractivity contribution in [2.24, 2.45) is 11.8 Å². The average Bonchev–Trinajstić information content (AvgIpc) is 3.11. The number of aliphatic carboxylic acids is 1. The van der Waals surface area contributed by atoms with Gasteiger partial charge in [-0.05, 0) is 38.5 Å². The zero-order valence-electron chi connectivity index (χ0n) is 9.69. The standard InChI is InChI=1S/C12H19NO3/c1-13(10-6-7-10)11(14)8-2-4-9(5-3-8)12(15)16/h8-10H,2-7H2,1H3,(H,15,16). The van der Waals surface area contributed by atoms with Gasteiger partial charge in [0.05, 0.1) is 5.92 Å². The van der Waals surface area contributed by atoms with Crippen molar-refractivity contribution in [3.8, 4) is 0 Å². The lowest BCUT2D eigenvalue weighted by molar-refractivity contribution is -0.145. The lowest BCUT2D eigenvalue weighted by atomic mass is 9.81. The predicted molar refractivity (Wildman–Crippen MR) is 58.9 cm³/mol. The summed E-state index contributed by atoms with van der Waals surface area (Å²) < 4.78 is 0. The van der Waals surface area contributed by atoms with Crippen molar-refractivity contribution >= 4 is 11.9 Å². The lowest BCUT2D eigenvalue weighted by Gasteiger charge is -2.28. The minimum Gasteiger partial charge on any atom is -0.481 e. The molecule has 0 radical (unpaired) electrons. The molecule has 0 aromatic carbocycles. The summed E-state index contributed by atoms with van der Waals surface area (Å²) in [5.74, 6) is -0.635. The third-order valence-corrected chi connectivity index (χ3v) is 3.87. The molecular weight excluding hydrogens is 206 g/mol. The van der Waals surface area contributed by atoms with E-state index in [2.05, 4.69) is 0 Å². The highest BCUT2D eigenvalue weighted by Crippen LogP contribution is 2.33. The van der Waals surface area contributed by atoms with E-state index in [0.29, 0.717) is 18.9 Å². The van der Waals surface area contributed by atoms with Crippen LogP contribution in [0.4, 0.5) is 0 Å². The van der Waals surface area contributed by atoms with Gasteiger partial charge in [0.1, 0.15) is 0 Å². The van der Waals surface area contributed by atoms with E-state index in [-0.39, 0.29) is 17.7 Å². The average molecular weight is 225 g/mol. The monoisotopic (exact) mass is 225 g/mol. The normalized spacial score (nSPS) is 29.8. The van der Waals surface area contributed by atoms with Crippen LogP contribution < -0.4 is 0 Å². The Labute approximate surface area is 95.6 Å². The van der Waals surface area contributed by atoms with E-state index in [0.717, 1.165) is 25.7 Å². The third-order valence-electron chi connectivity index (χ3n) is 3.87. The molecule has 2 aliphatic carbocycles. The van der Waals surface area contributed by atoms with Crippen LogP contribution in [0.5, 0.6) is 0 Å². The van der Waals surface area contributed by atoms with Crippen LogP contribution in [-0.2, 0) is 9.59 Å². The number of carboxylic acid groups (broad SMARTS) is 1. The van der Waals surface area contributed by atoms with Gasteiger partial charge in [-0.15, -0.1) is 0 Å². The Hall–Kier alpha value is -1.06. The van der Waals surface area contributed by atoms with E-state index in [1.54, 1.807) is 0 Å². The number of carboxylic acids is 1. The Morgan fingerprint density at radius 2 is 1.50 bits per heavy atom. The molecule has 90 valence electrons. The molecule has 0 unspecified atom stereocenters. The molecule has 16 heavy (non-hydrogen) atoms. The van der Waals surface area contributed by atoms with Gasteiger partial charge in [-0.3, -0.25) is 9.59 Å². The fourth-order valence-corrected chi connectivity index (χ4v) is 2.52. The molecule has 0 spiro atoms. The summed E-state index contributed by atoms with van der Waals surface area (Å²) in [7, 11) is 1.88. The van der Waals surface area contributed by atoms with Crippen LogP contribution in [0.15, 0.2) is 0 Å². The minimum atomic E-state index is -0.707. The number of amides is 1. The zero-order chi connectivity index (χ0) is 11.7. The maximum absolute atomic E-state index is 12.0. The second kappa shape index (κ2) is 4.44. The lowest BCUT2D eigenvalue weighted by Crippen LogP contribution is -2.37. The molecule has 0 saturated heterocycles. The van der Waals surface area contributed by atoms with Crippen LogP contribution in [-0.4, -0.2) is 35.0 Å². The molecule has 0 aromatic heterocycles. The number of hydrogen-bond acceptors (Lipinski definition) is 2. The van der Waals surface area contributed by atoms with Crippen molar-refractivity contribution in [1.29, 1.82) is 0 Å². The Bertz CT molecular complexity index is 291. The Kier molecular flexibility index (Phi) is 3.17. The zero-order valence-corrected chi connectivity index (χ0v) is 9.69. The molecule has 1 N–H and O–H groups in total. The molecule has 4 heteroatoms. The van der Waals surface area contributed by atoms with Gasteiger partial charge < -0.3 is 10.0 Å². The van der Waals surface area contributed by atoms with Crippen molar-refractivity contribution in [2.45, 2.75) is 44.6 Å². The summed E-state index contributed by atoms with van der Waals surface area (Å²) in [4.78, 5) is 24.7. The van der Waals surface area contributed by atoms with Crippen LogP contribution in [0.25, 0.3) is 0 Å². The van der Waals surface area contributed by atoms with Crippen molar-refractivity contribution in [1.82, 2.24) is 4.90 Å². The smallest absolute Gasteiger partial charge is 0.306 e. The summed E-state index contributed by atoms with van der Waals surface area (Å²) in [6.45, 7) is 0. The topological polar surface area (TPSA) is 57.6 Å². The van der Waals surface area contributed by atoms with E-state index in [4.69, 9.17) is 5.11 Å². The summed E-state index contributed by atoms with van der Waals surface area (Å²) in [6, 6.07) is 0.463. The second-order valence-electron chi connectivity index (χ2n) is 5.07. The summed E-state index contributed by atoms with van der Waals surface area (Å²) in [5, 5.41) is 8.88.